The predicted molar refractivity (Wildman–Crippen MR) is 65.0 cm³/mol. The average molecular weight is 208 g/mol. The minimum absolute atomic E-state index is 0.807. The van der Waals surface area contributed by atoms with Gasteiger partial charge >= 0.3 is 0 Å². The molecule has 0 saturated carbocycles. The summed E-state index contributed by atoms with van der Waals surface area (Å²) in [7, 11) is 2.69. The van der Waals surface area contributed by atoms with E-state index in [-0.39, 0.29) is 0 Å². The van der Waals surface area contributed by atoms with E-state index in [0.29, 0.717) is 0 Å². The van der Waals surface area contributed by atoms with E-state index in [4.69, 9.17) is 4.74 Å². The van der Waals surface area contributed by atoms with Crippen LogP contribution in [0.1, 0.15) is 25.3 Å². The summed E-state index contributed by atoms with van der Waals surface area (Å²) >= 11 is 0. The summed E-state index contributed by atoms with van der Waals surface area (Å²) in [6, 6.07) is 10.2. The molecule has 0 fully saturated rings. The molecule has 0 bridgehead atoms. The van der Waals surface area contributed by atoms with E-state index in [1.54, 1.807) is 0 Å². The third-order valence-corrected chi connectivity index (χ3v) is 2.40. The average Bonchev–Trinajstić information content (AvgIpc) is 2.25. The van der Waals surface area contributed by atoms with E-state index < -0.39 is 0 Å². The summed E-state index contributed by atoms with van der Waals surface area (Å²) in [4.78, 5) is 0. The van der Waals surface area contributed by atoms with Gasteiger partial charge in [0, 0.05) is 5.31 Å². The molecule has 14 heavy (non-hydrogen) atoms. The summed E-state index contributed by atoms with van der Waals surface area (Å²) in [6.07, 6.45) is 4.10. The molecule has 1 unspecified atom stereocenters. The zero-order valence-electron chi connectivity index (χ0n) is 8.57. The fourth-order valence-corrected chi connectivity index (χ4v) is 1.36. The van der Waals surface area contributed by atoms with Crippen molar-refractivity contribution in [1.82, 2.24) is 0 Å². The Labute approximate surface area is 88.4 Å². The quantitative estimate of drug-likeness (QED) is 0.407. The first-order valence-corrected chi connectivity index (χ1v) is 5.55. The van der Waals surface area contributed by atoms with E-state index in [9.17, 15) is 0 Å². The molecule has 1 atom stereocenters. The highest BCUT2D eigenvalue weighted by atomic mass is 31.0. The van der Waals surface area contributed by atoms with Gasteiger partial charge < -0.3 is 4.74 Å². The molecule has 0 amide bonds. The molecular formula is C12H17OP. The third kappa shape index (κ3) is 3.93. The Kier molecular flexibility index (Phi) is 5.32. The number of hydrogen-bond acceptors (Lipinski definition) is 1. The molecular weight excluding hydrogens is 191 g/mol. The summed E-state index contributed by atoms with van der Waals surface area (Å²) in [5, 5.41) is 1.10. The van der Waals surface area contributed by atoms with E-state index in [0.717, 1.165) is 18.3 Å². The first-order chi connectivity index (χ1) is 6.84. The lowest BCUT2D eigenvalue weighted by Crippen LogP contribution is -1.86. The van der Waals surface area contributed by atoms with E-state index >= 15 is 0 Å². The fourth-order valence-electron chi connectivity index (χ4n) is 1.08. The molecule has 0 radical (unpaired) electrons. The summed E-state index contributed by atoms with van der Waals surface area (Å²) in [5.41, 5.74) is 1.19. The Balaban J connectivity index is 2.44. The van der Waals surface area contributed by atoms with Crippen molar-refractivity contribution in [2.45, 2.75) is 19.8 Å². The smallest absolute Gasteiger partial charge is 0.0906 e. The largest absolute Gasteiger partial charge is 0.501 e. The van der Waals surface area contributed by atoms with Gasteiger partial charge in [-0.15, -0.1) is 9.24 Å². The number of hydrogen-bond donors (Lipinski definition) is 0. The van der Waals surface area contributed by atoms with Crippen molar-refractivity contribution < 1.29 is 4.74 Å². The molecule has 76 valence electrons. The number of unbranched alkanes of at least 4 members (excludes halogenated alkanes) is 1. The highest BCUT2D eigenvalue weighted by Crippen LogP contribution is 2.20. The van der Waals surface area contributed by atoms with Crippen LogP contribution in [-0.2, 0) is 4.74 Å². The van der Waals surface area contributed by atoms with Gasteiger partial charge in [0.2, 0.25) is 0 Å². The third-order valence-electron chi connectivity index (χ3n) is 1.93. The van der Waals surface area contributed by atoms with Crippen LogP contribution in [-0.4, -0.2) is 6.61 Å². The monoisotopic (exact) mass is 208 g/mol. The van der Waals surface area contributed by atoms with Crippen LogP contribution >= 0.6 is 9.24 Å². The Hall–Kier alpha value is -0.810. The summed E-state index contributed by atoms with van der Waals surface area (Å²) < 4.78 is 5.41. The van der Waals surface area contributed by atoms with Crippen LogP contribution < -0.4 is 0 Å². The predicted octanol–water partition coefficient (Wildman–Crippen LogP) is 3.68. The van der Waals surface area contributed by atoms with Crippen LogP contribution in [0.4, 0.5) is 0 Å². The van der Waals surface area contributed by atoms with Gasteiger partial charge in [-0.2, -0.15) is 0 Å². The molecule has 0 aromatic heterocycles. The standard InChI is InChI=1S/C12H17OP/c1-2-3-9-13-10-12(14)11-7-5-4-6-8-11/h4-8,10H,2-3,9,14H2,1H3. The number of benzene rings is 1. The van der Waals surface area contributed by atoms with Crippen LogP contribution in [0.25, 0.3) is 5.31 Å². The molecule has 1 aromatic rings. The zero-order valence-corrected chi connectivity index (χ0v) is 9.73. The van der Waals surface area contributed by atoms with Crippen molar-refractivity contribution in [3.63, 3.8) is 0 Å². The maximum atomic E-state index is 5.41. The van der Waals surface area contributed by atoms with Crippen LogP contribution in [0, 0.1) is 0 Å². The van der Waals surface area contributed by atoms with Crippen molar-refractivity contribution in [3.05, 3.63) is 42.2 Å². The second-order valence-electron chi connectivity index (χ2n) is 3.16. The lowest BCUT2D eigenvalue weighted by Gasteiger charge is -2.02. The fraction of sp³-hybridized carbons (Fsp3) is 0.333. The Morgan fingerprint density at radius 2 is 2.07 bits per heavy atom. The summed E-state index contributed by atoms with van der Waals surface area (Å²) in [5.74, 6) is 0. The summed E-state index contributed by atoms with van der Waals surface area (Å²) in [6.45, 7) is 2.97. The second-order valence-corrected chi connectivity index (χ2v) is 3.79. The van der Waals surface area contributed by atoms with Crippen molar-refractivity contribution in [2.24, 2.45) is 0 Å². The van der Waals surface area contributed by atoms with Crippen LogP contribution in [0.15, 0.2) is 36.6 Å². The molecule has 0 spiro atoms. The minimum Gasteiger partial charge on any atom is -0.501 e. The molecule has 0 heterocycles. The van der Waals surface area contributed by atoms with Crippen LogP contribution in [0.3, 0.4) is 0 Å². The van der Waals surface area contributed by atoms with Gasteiger partial charge in [0.05, 0.1) is 12.9 Å². The van der Waals surface area contributed by atoms with Crippen LogP contribution in [0.5, 0.6) is 0 Å². The molecule has 0 saturated heterocycles. The van der Waals surface area contributed by atoms with E-state index in [1.807, 2.05) is 24.5 Å². The Morgan fingerprint density at radius 1 is 1.36 bits per heavy atom. The van der Waals surface area contributed by atoms with Crippen molar-refractivity contribution in [1.29, 1.82) is 0 Å². The first kappa shape index (κ1) is 11.3. The van der Waals surface area contributed by atoms with Gasteiger partial charge in [-0.3, -0.25) is 0 Å². The molecule has 1 nitrogen and oxygen atoms in total. The van der Waals surface area contributed by atoms with Gasteiger partial charge in [0.25, 0.3) is 0 Å². The molecule has 0 N–H and O–H groups in total. The van der Waals surface area contributed by atoms with Crippen molar-refractivity contribution >= 4 is 14.6 Å². The maximum Gasteiger partial charge on any atom is 0.0906 e. The lowest BCUT2D eigenvalue weighted by molar-refractivity contribution is 0.246. The van der Waals surface area contributed by atoms with E-state index in [2.05, 4.69) is 28.3 Å². The highest BCUT2D eigenvalue weighted by molar-refractivity contribution is 7.31. The lowest BCUT2D eigenvalue weighted by atomic mass is 10.2. The molecule has 0 aliphatic heterocycles. The van der Waals surface area contributed by atoms with Gasteiger partial charge in [0.15, 0.2) is 0 Å². The van der Waals surface area contributed by atoms with E-state index in [1.165, 1.54) is 12.0 Å². The highest BCUT2D eigenvalue weighted by Gasteiger charge is 1.93. The van der Waals surface area contributed by atoms with Gasteiger partial charge in [-0.05, 0) is 12.0 Å². The molecule has 1 aromatic carbocycles. The Morgan fingerprint density at radius 3 is 2.71 bits per heavy atom. The molecule has 0 aliphatic carbocycles. The van der Waals surface area contributed by atoms with Gasteiger partial charge in [0.1, 0.15) is 0 Å². The minimum atomic E-state index is 0.807. The normalized spacial score (nSPS) is 11.4. The van der Waals surface area contributed by atoms with Crippen molar-refractivity contribution in [3.8, 4) is 0 Å². The number of ether oxygens (including phenoxy) is 1. The zero-order chi connectivity index (χ0) is 10.2. The van der Waals surface area contributed by atoms with Crippen LogP contribution in [0.2, 0.25) is 0 Å². The number of rotatable bonds is 5. The van der Waals surface area contributed by atoms with Gasteiger partial charge in [-0.25, -0.2) is 0 Å². The van der Waals surface area contributed by atoms with Gasteiger partial charge in [-0.1, -0.05) is 43.7 Å². The molecule has 0 aliphatic rings. The Bertz CT molecular complexity index is 280. The molecule has 2 heteroatoms. The topological polar surface area (TPSA) is 9.23 Å². The maximum absolute atomic E-state index is 5.41. The second kappa shape index (κ2) is 6.62. The first-order valence-electron chi connectivity index (χ1n) is 4.97. The SMILES string of the molecule is CCCCOC=C(P)c1ccccc1. The molecule has 1 rings (SSSR count). The van der Waals surface area contributed by atoms with Crippen molar-refractivity contribution in [2.75, 3.05) is 6.61 Å².